The molecule has 0 amide bonds. The summed E-state index contributed by atoms with van der Waals surface area (Å²) in [4.78, 5) is 3.76. The molecule has 1 atom stereocenters. The molecule has 0 saturated carbocycles. The zero-order valence-corrected chi connectivity index (χ0v) is 8.89. The van der Waals surface area contributed by atoms with Crippen LogP contribution < -0.4 is 5.32 Å². The van der Waals surface area contributed by atoms with Crippen LogP contribution in [0.15, 0.2) is 18.5 Å². The molecule has 0 aliphatic heterocycles. The van der Waals surface area contributed by atoms with Crippen LogP contribution in [0.5, 0.6) is 0 Å². The van der Waals surface area contributed by atoms with Gasteiger partial charge >= 0.3 is 0 Å². The molecule has 4 heteroatoms. The lowest BCUT2D eigenvalue weighted by Gasteiger charge is -2.05. The Balaban J connectivity index is 2.25. The molecule has 0 spiro atoms. The summed E-state index contributed by atoms with van der Waals surface area (Å²) in [6.07, 6.45) is 3.76. The van der Waals surface area contributed by atoms with E-state index in [9.17, 15) is 4.39 Å². The quantitative estimate of drug-likeness (QED) is 0.604. The highest BCUT2D eigenvalue weighted by Crippen LogP contribution is 2.01. The Hall–Kier alpha value is -0.670. The van der Waals surface area contributed by atoms with E-state index in [4.69, 9.17) is 11.6 Å². The molecule has 1 aromatic heterocycles. The number of hydrogen-bond donors (Lipinski definition) is 1. The number of hydrogen-bond acceptors (Lipinski definition) is 2. The van der Waals surface area contributed by atoms with Crippen LogP contribution in [-0.4, -0.2) is 16.9 Å². The summed E-state index contributed by atoms with van der Waals surface area (Å²) in [5, 5.41) is 3.34. The van der Waals surface area contributed by atoms with E-state index in [1.807, 2.05) is 6.92 Å². The van der Waals surface area contributed by atoms with Gasteiger partial charge in [-0.2, -0.15) is 0 Å². The number of alkyl halides is 1. The minimum Gasteiger partial charge on any atom is -0.313 e. The Morgan fingerprint density at radius 3 is 3.00 bits per heavy atom. The van der Waals surface area contributed by atoms with Crippen molar-refractivity contribution >= 4 is 11.6 Å². The van der Waals surface area contributed by atoms with Gasteiger partial charge in [0.15, 0.2) is 0 Å². The predicted octanol–water partition coefficient (Wildman–Crippen LogP) is 2.33. The molecule has 1 heterocycles. The Labute approximate surface area is 88.5 Å². The van der Waals surface area contributed by atoms with Crippen molar-refractivity contribution in [2.45, 2.75) is 25.3 Å². The number of halogens is 2. The summed E-state index contributed by atoms with van der Waals surface area (Å²) in [5.41, 5.74) is 0.854. The Bertz CT molecular complexity index is 279. The summed E-state index contributed by atoms with van der Waals surface area (Å²) in [5.74, 6) is -0.296. The lowest BCUT2D eigenvalue weighted by atomic mass is 10.2. The fraction of sp³-hybridized carbons (Fsp3) is 0.500. The van der Waals surface area contributed by atoms with E-state index in [-0.39, 0.29) is 11.2 Å². The molecule has 0 saturated heterocycles. The SMILES string of the molecule is CC(Cl)CCNCc1cncc(F)c1. The van der Waals surface area contributed by atoms with E-state index in [2.05, 4.69) is 10.3 Å². The van der Waals surface area contributed by atoms with Gasteiger partial charge in [-0.15, -0.1) is 11.6 Å². The van der Waals surface area contributed by atoms with Gasteiger partial charge in [0.25, 0.3) is 0 Å². The highest BCUT2D eigenvalue weighted by Gasteiger charge is 1.97. The van der Waals surface area contributed by atoms with Crippen LogP contribution >= 0.6 is 11.6 Å². The summed E-state index contributed by atoms with van der Waals surface area (Å²) in [6, 6.07) is 1.48. The Morgan fingerprint density at radius 2 is 2.36 bits per heavy atom. The third-order valence-electron chi connectivity index (χ3n) is 1.81. The molecule has 0 fully saturated rings. The molecule has 0 aromatic carbocycles. The van der Waals surface area contributed by atoms with Crippen LogP contribution in [0.4, 0.5) is 4.39 Å². The number of pyridine rings is 1. The maximum absolute atomic E-state index is 12.7. The van der Waals surface area contributed by atoms with E-state index in [0.29, 0.717) is 6.54 Å². The molecule has 14 heavy (non-hydrogen) atoms. The van der Waals surface area contributed by atoms with Crippen LogP contribution in [0.2, 0.25) is 0 Å². The van der Waals surface area contributed by atoms with Crippen LogP contribution in [-0.2, 0) is 6.54 Å². The van der Waals surface area contributed by atoms with Crippen molar-refractivity contribution < 1.29 is 4.39 Å². The lowest BCUT2D eigenvalue weighted by molar-refractivity contribution is 0.608. The number of aromatic nitrogens is 1. The first-order valence-corrected chi connectivity index (χ1v) is 5.06. The molecule has 78 valence electrons. The van der Waals surface area contributed by atoms with E-state index in [0.717, 1.165) is 18.5 Å². The minimum atomic E-state index is -0.296. The van der Waals surface area contributed by atoms with Gasteiger partial charge in [0.1, 0.15) is 5.82 Å². The van der Waals surface area contributed by atoms with Crippen LogP contribution in [0.3, 0.4) is 0 Å². The zero-order valence-electron chi connectivity index (χ0n) is 8.13. The van der Waals surface area contributed by atoms with Crippen molar-refractivity contribution in [3.63, 3.8) is 0 Å². The van der Waals surface area contributed by atoms with Crippen LogP contribution in [0.25, 0.3) is 0 Å². The first-order valence-electron chi connectivity index (χ1n) is 4.62. The second-order valence-corrected chi connectivity index (χ2v) is 4.00. The van der Waals surface area contributed by atoms with Crippen molar-refractivity contribution in [3.8, 4) is 0 Å². The van der Waals surface area contributed by atoms with Gasteiger partial charge in [0, 0.05) is 18.1 Å². The molecular weight excluding hydrogens is 203 g/mol. The molecule has 0 aliphatic carbocycles. The summed E-state index contributed by atoms with van der Waals surface area (Å²) in [7, 11) is 0. The molecule has 0 radical (unpaired) electrons. The number of nitrogens with one attached hydrogen (secondary N) is 1. The standard InChI is InChI=1S/C10H14ClFN2/c1-8(11)2-3-13-5-9-4-10(12)7-14-6-9/h4,6-8,13H,2-3,5H2,1H3. The average molecular weight is 217 g/mol. The summed E-state index contributed by atoms with van der Waals surface area (Å²) >= 11 is 5.77. The van der Waals surface area contributed by atoms with Crippen molar-refractivity contribution in [2.75, 3.05) is 6.54 Å². The zero-order chi connectivity index (χ0) is 10.4. The van der Waals surface area contributed by atoms with E-state index >= 15 is 0 Å². The smallest absolute Gasteiger partial charge is 0.141 e. The predicted molar refractivity (Wildman–Crippen MR) is 55.8 cm³/mol. The van der Waals surface area contributed by atoms with Gasteiger partial charge in [0.05, 0.1) is 6.20 Å². The topological polar surface area (TPSA) is 24.9 Å². The van der Waals surface area contributed by atoms with Crippen LogP contribution in [0.1, 0.15) is 18.9 Å². The molecule has 2 nitrogen and oxygen atoms in total. The molecule has 1 aromatic rings. The maximum atomic E-state index is 12.7. The summed E-state index contributed by atoms with van der Waals surface area (Å²) in [6.45, 7) is 3.42. The second-order valence-electron chi connectivity index (χ2n) is 3.26. The fourth-order valence-electron chi connectivity index (χ4n) is 1.09. The van der Waals surface area contributed by atoms with Gasteiger partial charge in [-0.3, -0.25) is 4.98 Å². The van der Waals surface area contributed by atoms with E-state index in [1.54, 1.807) is 6.20 Å². The largest absolute Gasteiger partial charge is 0.313 e. The highest BCUT2D eigenvalue weighted by atomic mass is 35.5. The molecule has 1 N–H and O–H groups in total. The molecule has 0 bridgehead atoms. The molecular formula is C10H14ClFN2. The van der Waals surface area contributed by atoms with Gasteiger partial charge in [-0.05, 0) is 31.5 Å². The second kappa shape index (κ2) is 5.94. The van der Waals surface area contributed by atoms with Crippen molar-refractivity contribution in [1.82, 2.24) is 10.3 Å². The maximum Gasteiger partial charge on any atom is 0.141 e. The summed E-state index contributed by atoms with van der Waals surface area (Å²) < 4.78 is 12.7. The Morgan fingerprint density at radius 1 is 1.57 bits per heavy atom. The fourth-order valence-corrected chi connectivity index (χ4v) is 1.20. The van der Waals surface area contributed by atoms with E-state index in [1.165, 1.54) is 12.3 Å². The van der Waals surface area contributed by atoms with Gasteiger partial charge in [0.2, 0.25) is 0 Å². The highest BCUT2D eigenvalue weighted by molar-refractivity contribution is 6.20. The third kappa shape index (κ3) is 4.53. The molecule has 1 unspecified atom stereocenters. The number of rotatable bonds is 5. The Kier molecular flexibility index (Phi) is 4.84. The third-order valence-corrected chi connectivity index (χ3v) is 2.03. The first kappa shape index (κ1) is 11.4. The molecule has 0 aliphatic rings. The van der Waals surface area contributed by atoms with Crippen molar-refractivity contribution in [1.29, 1.82) is 0 Å². The average Bonchev–Trinajstić information content (AvgIpc) is 2.12. The van der Waals surface area contributed by atoms with Crippen LogP contribution in [0, 0.1) is 5.82 Å². The first-order chi connectivity index (χ1) is 6.68. The van der Waals surface area contributed by atoms with Crippen molar-refractivity contribution in [2.24, 2.45) is 0 Å². The monoisotopic (exact) mass is 216 g/mol. The number of nitrogens with zero attached hydrogens (tertiary/aromatic N) is 1. The lowest BCUT2D eigenvalue weighted by Crippen LogP contribution is -2.17. The van der Waals surface area contributed by atoms with Gasteiger partial charge in [-0.1, -0.05) is 0 Å². The van der Waals surface area contributed by atoms with Gasteiger partial charge < -0.3 is 5.32 Å². The minimum absolute atomic E-state index is 0.174. The van der Waals surface area contributed by atoms with Crippen molar-refractivity contribution in [3.05, 3.63) is 29.8 Å². The van der Waals surface area contributed by atoms with Gasteiger partial charge in [-0.25, -0.2) is 4.39 Å². The molecule has 1 rings (SSSR count). The van der Waals surface area contributed by atoms with E-state index < -0.39 is 0 Å². The normalized spacial score (nSPS) is 12.8.